The number of imidazole rings is 1. The topological polar surface area (TPSA) is 43.8 Å². The number of hydrogen-bond donors (Lipinski definition) is 1. The van der Waals surface area contributed by atoms with Crippen LogP contribution in [0, 0.1) is 12.7 Å². The van der Waals surface area contributed by atoms with Crippen molar-refractivity contribution in [1.82, 2.24) is 9.55 Å². The molecule has 0 radical (unpaired) electrons. The highest BCUT2D eigenvalue weighted by atomic mass is 19.1. The molecule has 1 aromatic carbocycles. The van der Waals surface area contributed by atoms with Crippen molar-refractivity contribution < 1.29 is 4.39 Å². The highest BCUT2D eigenvalue weighted by Gasteiger charge is 2.11. The molecule has 1 unspecified atom stereocenters. The van der Waals surface area contributed by atoms with Crippen molar-refractivity contribution in [2.24, 2.45) is 12.8 Å². The number of rotatable bonds is 3. The molecule has 2 aromatic rings. The number of nitrogens with zero attached hydrogens (tertiary/aromatic N) is 2. The monoisotopic (exact) mass is 233 g/mol. The number of nitrogens with two attached hydrogens (primary N) is 1. The van der Waals surface area contributed by atoms with Crippen LogP contribution in [0.25, 0.3) is 0 Å². The fraction of sp³-hybridized carbons (Fsp3) is 0.308. The van der Waals surface area contributed by atoms with Crippen molar-refractivity contribution in [3.63, 3.8) is 0 Å². The third-order valence-electron chi connectivity index (χ3n) is 2.82. The van der Waals surface area contributed by atoms with Crippen LogP contribution in [0.5, 0.6) is 0 Å². The van der Waals surface area contributed by atoms with Gasteiger partial charge in [0.25, 0.3) is 0 Å². The molecule has 0 aliphatic rings. The van der Waals surface area contributed by atoms with E-state index in [1.165, 1.54) is 12.1 Å². The van der Waals surface area contributed by atoms with Crippen molar-refractivity contribution in [2.75, 3.05) is 0 Å². The van der Waals surface area contributed by atoms with Crippen LogP contribution in [0.3, 0.4) is 0 Å². The van der Waals surface area contributed by atoms with Gasteiger partial charge in [-0.15, -0.1) is 0 Å². The summed E-state index contributed by atoms with van der Waals surface area (Å²) in [6.07, 6.45) is 4.21. The molecule has 2 N–H and O–H groups in total. The van der Waals surface area contributed by atoms with E-state index in [4.69, 9.17) is 5.73 Å². The largest absolute Gasteiger partial charge is 0.338 e. The first-order valence-corrected chi connectivity index (χ1v) is 5.55. The molecule has 0 spiro atoms. The minimum absolute atomic E-state index is 0.231. The summed E-state index contributed by atoms with van der Waals surface area (Å²) < 4.78 is 15.2. The summed E-state index contributed by atoms with van der Waals surface area (Å²) in [7, 11) is 1.92. The second kappa shape index (κ2) is 4.67. The first-order chi connectivity index (χ1) is 8.06. The van der Waals surface area contributed by atoms with E-state index in [1.807, 2.05) is 30.8 Å². The molecular weight excluding hydrogens is 217 g/mol. The SMILES string of the molecule is Cc1cc(F)cc(C(N)Cc2nccn2C)c1. The lowest BCUT2D eigenvalue weighted by atomic mass is 10.0. The standard InChI is InChI=1S/C13H16FN3/c1-9-5-10(7-11(14)6-9)12(15)8-13-16-3-4-17(13)2/h3-7,12H,8,15H2,1-2H3. The van der Waals surface area contributed by atoms with E-state index in [9.17, 15) is 4.39 Å². The number of halogens is 1. The van der Waals surface area contributed by atoms with Gasteiger partial charge in [-0.3, -0.25) is 0 Å². The van der Waals surface area contributed by atoms with Gasteiger partial charge in [-0.1, -0.05) is 6.07 Å². The molecule has 0 aliphatic carbocycles. The van der Waals surface area contributed by atoms with E-state index in [0.29, 0.717) is 6.42 Å². The smallest absolute Gasteiger partial charge is 0.123 e. The van der Waals surface area contributed by atoms with Crippen LogP contribution in [0.2, 0.25) is 0 Å². The average molecular weight is 233 g/mol. The fourth-order valence-corrected chi connectivity index (χ4v) is 1.89. The second-order valence-electron chi connectivity index (χ2n) is 4.33. The van der Waals surface area contributed by atoms with Gasteiger partial charge in [0.1, 0.15) is 11.6 Å². The Labute approximate surface area is 100 Å². The number of aryl methyl sites for hydroxylation is 2. The molecule has 0 bridgehead atoms. The summed E-state index contributed by atoms with van der Waals surface area (Å²) in [5, 5.41) is 0. The van der Waals surface area contributed by atoms with Gasteiger partial charge in [0, 0.05) is 31.9 Å². The lowest BCUT2D eigenvalue weighted by molar-refractivity contribution is 0.611. The zero-order valence-corrected chi connectivity index (χ0v) is 10.0. The Morgan fingerprint density at radius 1 is 1.41 bits per heavy atom. The van der Waals surface area contributed by atoms with E-state index in [0.717, 1.165) is 17.0 Å². The van der Waals surface area contributed by atoms with Crippen LogP contribution in [0.15, 0.2) is 30.6 Å². The maximum atomic E-state index is 13.3. The Kier molecular flexibility index (Phi) is 3.24. The summed E-state index contributed by atoms with van der Waals surface area (Å²) in [5.41, 5.74) is 7.77. The van der Waals surface area contributed by atoms with Gasteiger partial charge in [-0.2, -0.15) is 0 Å². The van der Waals surface area contributed by atoms with E-state index >= 15 is 0 Å². The van der Waals surface area contributed by atoms with Gasteiger partial charge in [-0.25, -0.2) is 9.37 Å². The van der Waals surface area contributed by atoms with Gasteiger partial charge in [0.15, 0.2) is 0 Å². The first kappa shape index (κ1) is 11.8. The Balaban J connectivity index is 2.20. The van der Waals surface area contributed by atoms with E-state index in [2.05, 4.69) is 4.98 Å². The Morgan fingerprint density at radius 3 is 2.76 bits per heavy atom. The zero-order chi connectivity index (χ0) is 12.4. The van der Waals surface area contributed by atoms with Gasteiger partial charge in [0.05, 0.1) is 0 Å². The summed E-state index contributed by atoms with van der Waals surface area (Å²) in [5.74, 6) is 0.662. The van der Waals surface area contributed by atoms with Crippen LogP contribution in [-0.2, 0) is 13.5 Å². The van der Waals surface area contributed by atoms with Crippen LogP contribution in [-0.4, -0.2) is 9.55 Å². The highest BCUT2D eigenvalue weighted by Crippen LogP contribution is 2.17. The average Bonchev–Trinajstić information content (AvgIpc) is 2.63. The lowest BCUT2D eigenvalue weighted by Crippen LogP contribution is -2.16. The van der Waals surface area contributed by atoms with Gasteiger partial charge < -0.3 is 10.3 Å². The van der Waals surface area contributed by atoms with Crippen LogP contribution < -0.4 is 5.73 Å². The molecule has 1 aromatic heterocycles. The van der Waals surface area contributed by atoms with Crippen LogP contribution in [0.4, 0.5) is 4.39 Å². The Morgan fingerprint density at radius 2 is 2.18 bits per heavy atom. The van der Waals surface area contributed by atoms with Gasteiger partial charge in [0.2, 0.25) is 0 Å². The first-order valence-electron chi connectivity index (χ1n) is 5.55. The molecule has 2 rings (SSSR count). The second-order valence-corrected chi connectivity index (χ2v) is 4.33. The minimum atomic E-state index is -0.240. The lowest BCUT2D eigenvalue weighted by Gasteiger charge is -2.12. The predicted octanol–water partition coefficient (Wildman–Crippen LogP) is 2.11. The van der Waals surface area contributed by atoms with Crippen molar-refractivity contribution in [3.8, 4) is 0 Å². The number of aromatic nitrogens is 2. The Bertz CT molecular complexity index is 499. The van der Waals surface area contributed by atoms with Crippen molar-refractivity contribution >= 4 is 0 Å². The summed E-state index contributed by atoms with van der Waals surface area (Å²) in [4.78, 5) is 4.22. The van der Waals surface area contributed by atoms with Crippen molar-refractivity contribution in [1.29, 1.82) is 0 Å². The maximum absolute atomic E-state index is 13.3. The molecule has 1 heterocycles. The van der Waals surface area contributed by atoms with E-state index < -0.39 is 0 Å². The molecule has 0 saturated heterocycles. The summed E-state index contributed by atoms with van der Waals surface area (Å²) in [6, 6.07) is 4.67. The third-order valence-corrected chi connectivity index (χ3v) is 2.82. The molecule has 0 saturated carbocycles. The molecule has 0 fully saturated rings. The summed E-state index contributed by atoms with van der Waals surface area (Å²) in [6.45, 7) is 1.86. The molecule has 3 nitrogen and oxygen atoms in total. The van der Waals surface area contributed by atoms with Crippen molar-refractivity contribution in [2.45, 2.75) is 19.4 Å². The van der Waals surface area contributed by atoms with E-state index in [1.54, 1.807) is 6.20 Å². The van der Waals surface area contributed by atoms with Crippen LogP contribution >= 0.6 is 0 Å². The van der Waals surface area contributed by atoms with Crippen molar-refractivity contribution in [3.05, 3.63) is 53.4 Å². The molecule has 90 valence electrons. The van der Waals surface area contributed by atoms with Gasteiger partial charge >= 0.3 is 0 Å². The molecule has 1 atom stereocenters. The Hall–Kier alpha value is -1.68. The third kappa shape index (κ3) is 2.71. The fourth-order valence-electron chi connectivity index (χ4n) is 1.89. The normalized spacial score (nSPS) is 12.7. The number of hydrogen-bond acceptors (Lipinski definition) is 2. The molecule has 17 heavy (non-hydrogen) atoms. The van der Waals surface area contributed by atoms with E-state index in [-0.39, 0.29) is 11.9 Å². The number of benzene rings is 1. The van der Waals surface area contributed by atoms with Gasteiger partial charge in [-0.05, 0) is 30.2 Å². The molecule has 0 amide bonds. The maximum Gasteiger partial charge on any atom is 0.123 e. The zero-order valence-electron chi connectivity index (χ0n) is 10.0. The molecular formula is C13H16FN3. The van der Waals surface area contributed by atoms with Crippen LogP contribution in [0.1, 0.15) is 23.0 Å². The quantitative estimate of drug-likeness (QED) is 0.882. The molecule has 4 heteroatoms. The minimum Gasteiger partial charge on any atom is -0.338 e. The molecule has 0 aliphatic heterocycles. The summed E-state index contributed by atoms with van der Waals surface area (Å²) >= 11 is 0. The highest BCUT2D eigenvalue weighted by molar-refractivity contribution is 5.26. The predicted molar refractivity (Wildman–Crippen MR) is 65.0 cm³/mol.